The summed E-state index contributed by atoms with van der Waals surface area (Å²) in [5.41, 5.74) is 3.31. The first-order chi connectivity index (χ1) is 16.8. The molecule has 1 N–H and O–H groups in total. The van der Waals surface area contributed by atoms with Crippen LogP contribution in [0.15, 0.2) is 60.9 Å². The number of hydrogen-bond acceptors (Lipinski definition) is 6. The molecule has 2 aliphatic rings. The molecule has 1 saturated heterocycles. The SMILES string of the molecule is COc1ccc(CN2CCC(Nc3cnc(-c4ccccc4)nc3)CC2)cc1OC1CCCC1. The van der Waals surface area contributed by atoms with E-state index in [1.807, 2.05) is 48.8 Å². The molecule has 0 amide bonds. The molecule has 6 nitrogen and oxygen atoms in total. The van der Waals surface area contributed by atoms with Gasteiger partial charge in [-0.15, -0.1) is 0 Å². The van der Waals surface area contributed by atoms with Crippen LogP contribution in [0.2, 0.25) is 0 Å². The lowest BCUT2D eigenvalue weighted by atomic mass is 10.0. The average molecular weight is 459 g/mol. The second-order valence-electron chi connectivity index (χ2n) is 9.37. The number of hydrogen-bond donors (Lipinski definition) is 1. The minimum absolute atomic E-state index is 0.330. The van der Waals surface area contributed by atoms with Gasteiger partial charge in [0.1, 0.15) is 0 Å². The van der Waals surface area contributed by atoms with E-state index in [0.29, 0.717) is 12.1 Å². The van der Waals surface area contributed by atoms with Gasteiger partial charge in [-0.1, -0.05) is 36.4 Å². The molecule has 0 radical (unpaired) electrons. The lowest BCUT2D eigenvalue weighted by molar-refractivity contribution is 0.197. The molecule has 6 heteroatoms. The van der Waals surface area contributed by atoms with Crippen LogP contribution in [0.1, 0.15) is 44.1 Å². The van der Waals surface area contributed by atoms with Crippen molar-refractivity contribution >= 4 is 5.69 Å². The first kappa shape index (κ1) is 22.7. The Morgan fingerprint density at radius 2 is 1.65 bits per heavy atom. The molecule has 3 aromatic rings. The first-order valence-electron chi connectivity index (χ1n) is 12.5. The number of nitrogens with zero attached hydrogens (tertiary/aromatic N) is 3. The summed E-state index contributed by atoms with van der Waals surface area (Å²) in [6.45, 7) is 3.06. The van der Waals surface area contributed by atoms with Crippen molar-refractivity contribution in [3.8, 4) is 22.9 Å². The molecule has 5 rings (SSSR count). The van der Waals surface area contributed by atoms with Crippen molar-refractivity contribution in [1.82, 2.24) is 14.9 Å². The molecule has 34 heavy (non-hydrogen) atoms. The quantitative estimate of drug-likeness (QED) is 0.478. The molecule has 2 heterocycles. The Hall–Kier alpha value is -3.12. The topological polar surface area (TPSA) is 59.5 Å². The summed E-state index contributed by atoms with van der Waals surface area (Å²) in [4.78, 5) is 11.6. The molecule has 2 aromatic carbocycles. The summed E-state index contributed by atoms with van der Waals surface area (Å²) in [6, 6.07) is 16.9. The van der Waals surface area contributed by atoms with Gasteiger partial charge in [-0.3, -0.25) is 4.90 Å². The summed E-state index contributed by atoms with van der Waals surface area (Å²) < 4.78 is 11.8. The molecule has 1 aliphatic carbocycles. The molecule has 1 saturated carbocycles. The number of anilines is 1. The molecule has 0 spiro atoms. The number of aromatic nitrogens is 2. The standard InChI is InChI=1S/C28H34N4O2/c1-33-26-12-11-21(17-27(26)34-25-9-5-6-10-25)20-32-15-13-23(14-16-32)31-24-18-29-28(30-19-24)22-7-3-2-4-8-22/h2-4,7-8,11-12,17-19,23,25,31H,5-6,9-10,13-16,20H2,1H3. The van der Waals surface area contributed by atoms with E-state index in [4.69, 9.17) is 9.47 Å². The summed E-state index contributed by atoms with van der Waals surface area (Å²) >= 11 is 0. The van der Waals surface area contributed by atoms with Gasteiger partial charge < -0.3 is 14.8 Å². The summed E-state index contributed by atoms with van der Waals surface area (Å²) in [7, 11) is 1.72. The van der Waals surface area contributed by atoms with E-state index in [-0.39, 0.29) is 0 Å². The summed E-state index contributed by atoms with van der Waals surface area (Å²) in [6.07, 6.45) is 11.1. The van der Waals surface area contributed by atoms with Crippen LogP contribution in [0.5, 0.6) is 11.5 Å². The maximum Gasteiger partial charge on any atom is 0.161 e. The number of nitrogens with one attached hydrogen (secondary N) is 1. The lowest BCUT2D eigenvalue weighted by Crippen LogP contribution is -2.38. The van der Waals surface area contributed by atoms with Gasteiger partial charge in [0.2, 0.25) is 0 Å². The Morgan fingerprint density at radius 1 is 0.912 bits per heavy atom. The minimum Gasteiger partial charge on any atom is -0.493 e. The number of methoxy groups -OCH3 is 1. The fraction of sp³-hybridized carbons (Fsp3) is 0.429. The third kappa shape index (κ3) is 5.68. The predicted octanol–water partition coefficient (Wildman–Crippen LogP) is 5.55. The fourth-order valence-electron chi connectivity index (χ4n) is 4.97. The molecule has 1 aromatic heterocycles. The van der Waals surface area contributed by atoms with Crippen molar-refractivity contribution in [2.24, 2.45) is 0 Å². The molecule has 2 fully saturated rings. The predicted molar refractivity (Wildman–Crippen MR) is 135 cm³/mol. The van der Waals surface area contributed by atoms with Crippen LogP contribution in [0.3, 0.4) is 0 Å². The Balaban J connectivity index is 1.13. The number of benzene rings is 2. The largest absolute Gasteiger partial charge is 0.493 e. The third-order valence-corrected chi connectivity index (χ3v) is 6.87. The van der Waals surface area contributed by atoms with E-state index >= 15 is 0 Å². The molecule has 1 aliphatic heterocycles. The van der Waals surface area contributed by atoms with E-state index in [0.717, 1.165) is 73.9 Å². The number of likely N-dealkylation sites (tertiary alicyclic amines) is 1. The van der Waals surface area contributed by atoms with Crippen molar-refractivity contribution in [3.63, 3.8) is 0 Å². The average Bonchev–Trinajstić information content (AvgIpc) is 3.40. The zero-order valence-corrected chi connectivity index (χ0v) is 20.0. The molecule has 0 unspecified atom stereocenters. The Kier molecular flexibility index (Phi) is 7.25. The highest BCUT2D eigenvalue weighted by Gasteiger charge is 2.21. The normalized spacial score (nSPS) is 17.6. The lowest BCUT2D eigenvalue weighted by Gasteiger charge is -2.33. The first-order valence-corrected chi connectivity index (χ1v) is 12.5. The van der Waals surface area contributed by atoms with Crippen LogP contribution in [-0.2, 0) is 6.54 Å². The number of ether oxygens (including phenoxy) is 2. The summed E-state index contributed by atoms with van der Waals surface area (Å²) in [5.74, 6) is 2.48. The van der Waals surface area contributed by atoms with Crippen LogP contribution in [0.4, 0.5) is 5.69 Å². The Bertz CT molecular complexity index is 1040. The van der Waals surface area contributed by atoms with Crippen molar-refractivity contribution in [1.29, 1.82) is 0 Å². The highest BCUT2D eigenvalue weighted by atomic mass is 16.5. The van der Waals surface area contributed by atoms with Crippen LogP contribution >= 0.6 is 0 Å². The second-order valence-corrected chi connectivity index (χ2v) is 9.37. The maximum absolute atomic E-state index is 6.28. The van der Waals surface area contributed by atoms with E-state index in [1.54, 1.807) is 7.11 Å². The maximum atomic E-state index is 6.28. The van der Waals surface area contributed by atoms with Gasteiger partial charge >= 0.3 is 0 Å². The Morgan fingerprint density at radius 3 is 2.35 bits per heavy atom. The molecule has 0 bridgehead atoms. The number of piperidine rings is 1. The van der Waals surface area contributed by atoms with Crippen LogP contribution in [0, 0.1) is 0 Å². The van der Waals surface area contributed by atoms with E-state index in [2.05, 4.69) is 32.3 Å². The van der Waals surface area contributed by atoms with Crippen molar-refractivity contribution in [3.05, 3.63) is 66.5 Å². The van der Waals surface area contributed by atoms with Gasteiger partial charge in [0.25, 0.3) is 0 Å². The molecule has 178 valence electrons. The Labute approximate surface area is 202 Å². The van der Waals surface area contributed by atoms with Gasteiger partial charge in [-0.25, -0.2) is 9.97 Å². The van der Waals surface area contributed by atoms with Gasteiger partial charge in [-0.2, -0.15) is 0 Å². The number of rotatable bonds is 8. The van der Waals surface area contributed by atoms with Gasteiger partial charge in [0.05, 0.1) is 31.3 Å². The van der Waals surface area contributed by atoms with Gasteiger partial charge in [0.15, 0.2) is 17.3 Å². The van der Waals surface area contributed by atoms with Crippen molar-refractivity contribution in [2.45, 2.75) is 57.2 Å². The van der Waals surface area contributed by atoms with Gasteiger partial charge in [-0.05, 0) is 56.2 Å². The molecular formula is C28H34N4O2. The van der Waals surface area contributed by atoms with E-state index in [9.17, 15) is 0 Å². The van der Waals surface area contributed by atoms with Gasteiger partial charge in [0, 0.05) is 31.2 Å². The highest BCUT2D eigenvalue weighted by molar-refractivity contribution is 5.55. The monoisotopic (exact) mass is 458 g/mol. The zero-order chi connectivity index (χ0) is 23.2. The summed E-state index contributed by atoms with van der Waals surface area (Å²) in [5, 5.41) is 3.62. The zero-order valence-electron chi connectivity index (χ0n) is 20.0. The third-order valence-electron chi connectivity index (χ3n) is 6.87. The van der Waals surface area contributed by atoms with Crippen LogP contribution in [0.25, 0.3) is 11.4 Å². The molecular weight excluding hydrogens is 424 g/mol. The fourth-order valence-corrected chi connectivity index (χ4v) is 4.97. The second kappa shape index (κ2) is 10.9. The van der Waals surface area contributed by atoms with E-state index in [1.165, 1.54) is 18.4 Å². The van der Waals surface area contributed by atoms with Crippen molar-refractivity contribution < 1.29 is 9.47 Å². The van der Waals surface area contributed by atoms with Crippen molar-refractivity contribution in [2.75, 3.05) is 25.5 Å². The highest BCUT2D eigenvalue weighted by Crippen LogP contribution is 2.33. The molecule has 0 atom stereocenters. The minimum atomic E-state index is 0.330. The smallest absolute Gasteiger partial charge is 0.161 e. The van der Waals surface area contributed by atoms with Crippen LogP contribution in [-0.4, -0.2) is 47.2 Å². The van der Waals surface area contributed by atoms with E-state index < -0.39 is 0 Å². The van der Waals surface area contributed by atoms with Crippen LogP contribution < -0.4 is 14.8 Å².